The van der Waals surface area contributed by atoms with E-state index in [4.69, 9.17) is 4.74 Å². The number of hydrogen-bond donors (Lipinski definition) is 0. The van der Waals surface area contributed by atoms with Crippen LogP contribution in [0.2, 0.25) is 0 Å². The number of para-hydroxylation sites is 1. The SMILES string of the molecule is Cc1cc2c(cc1C)C(=O)/C(=C/c1cn(-c3ccccc3)nc1-c1cccc([N+](=O)[O-])c1)O2. The van der Waals surface area contributed by atoms with Gasteiger partial charge >= 0.3 is 0 Å². The molecule has 3 aromatic carbocycles. The van der Waals surface area contributed by atoms with Crippen LogP contribution in [0.15, 0.2) is 78.7 Å². The van der Waals surface area contributed by atoms with Crippen molar-refractivity contribution in [1.29, 1.82) is 0 Å². The number of rotatable bonds is 4. The van der Waals surface area contributed by atoms with Gasteiger partial charge in [0.2, 0.25) is 5.78 Å². The Bertz CT molecular complexity index is 1450. The average Bonchev–Trinajstić information content (AvgIpc) is 3.37. The molecule has 5 rings (SSSR count). The average molecular weight is 437 g/mol. The third-order valence-electron chi connectivity index (χ3n) is 5.66. The van der Waals surface area contributed by atoms with Crippen molar-refractivity contribution in [2.24, 2.45) is 0 Å². The molecule has 0 bridgehead atoms. The minimum atomic E-state index is -0.444. The molecule has 0 atom stereocenters. The van der Waals surface area contributed by atoms with Gasteiger partial charge in [-0.15, -0.1) is 0 Å². The molecule has 0 saturated carbocycles. The Morgan fingerprint density at radius 1 is 1.00 bits per heavy atom. The highest BCUT2D eigenvalue weighted by molar-refractivity contribution is 6.14. The second-order valence-electron chi connectivity index (χ2n) is 7.89. The fourth-order valence-electron chi connectivity index (χ4n) is 3.78. The number of non-ortho nitro benzene ring substituents is 1. The normalized spacial score (nSPS) is 13.8. The summed E-state index contributed by atoms with van der Waals surface area (Å²) in [5.41, 5.74) is 5.06. The predicted octanol–water partition coefficient (Wildman–Crippen LogP) is 5.68. The van der Waals surface area contributed by atoms with Crippen molar-refractivity contribution in [2.75, 3.05) is 0 Å². The van der Waals surface area contributed by atoms with Crippen LogP contribution in [0, 0.1) is 24.0 Å². The second kappa shape index (κ2) is 7.87. The number of fused-ring (bicyclic) bond motifs is 1. The Labute approximate surface area is 189 Å². The number of ether oxygens (including phenoxy) is 1. The van der Waals surface area contributed by atoms with Crippen LogP contribution >= 0.6 is 0 Å². The van der Waals surface area contributed by atoms with Crippen LogP contribution in [-0.4, -0.2) is 20.5 Å². The zero-order chi connectivity index (χ0) is 23.1. The first-order chi connectivity index (χ1) is 15.9. The molecule has 7 nitrogen and oxygen atoms in total. The fourth-order valence-corrected chi connectivity index (χ4v) is 3.78. The number of carbonyl (C=O) groups excluding carboxylic acids is 1. The van der Waals surface area contributed by atoms with Crippen LogP contribution in [0.1, 0.15) is 27.0 Å². The van der Waals surface area contributed by atoms with Crippen molar-refractivity contribution in [1.82, 2.24) is 9.78 Å². The Kier molecular flexibility index (Phi) is 4.86. The number of nitro groups is 1. The third-order valence-corrected chi connectivity index (χ3v) is 5.66. The van der Waals surface area contributed by atoms with E-state index in [2.05, 4.69) is 5.10 Å². The second-order valence-corrected chi connectivity index (χ2v) is 7.89. The van der Waals surface area contributed by atoms with Crippen LogP contribution in [0.25, 0.3) is 23.0 Å². The van der Waals surface area contributed by atoms with Crippen molar-refractivity contribution in [3.8, 4) is 22.7 Å². The molecule has 0 saturated heterocycles. The molecule has 1 aliphatic heterocycles. The van der Waals surface area contributed by atoms with E-state index >= 15 is 0 Å². The molecule has 1 aliphatic rings. The van der Waals surface area contributed by atoms with Crippen LogP contribution in [0.4, 0.5) is 5.69 Å². The molecule has 0 radical (unpaired) electrons. The molecule has 0 spiro atoms. The highest BCUT2D eigenvalue weighted by Crippen LogP contribution is 2.35. The summed E-state index contributed by atoms with van der Waals surface area (Å²) in [6, 6.07) is 19.5. The van der Waals surface area contributed by atoms with Crippen molar-refractivity contribution in [3.05, 3.63) is 111 Å². The zero-order valence-corrected chi connectivity index (χ0v) is 18.0. The zero-order valence-electron chi connectivity index (χ0n) is 18.0. The first-order valence-electron chi connectivity index (χ1n) is 10.4. The molecule has 33 heavy (non-hydrogen) atoms. The standard InChI is InChI=1S/C26H19N3O4/c1-16-11-22-23(12-17(16)2)33-24(26(22)30)14-19-15-28(20-8-4-3-5-9-20)27-25(19)18-7-6-10-21(13-18)29(31)32/h3-15H,1-2H3/b24-14-. The maximum atomic E-state index is 13.0. The van der Waals surface area contributed by atoms with E-state index in [0.717, 1.165) is 16.8 Å². The Morgan fingerprint density at radius 3 is 2.52 bits per heavy atom. The maximum Gasteiger partial charge on any atom is 0.270 e. The van der Waals surface area contributed by atoms with Crippen molar-refractivity contribution in [2.45, 2.75) is 13.8 Å². The van der Waals surface area contributed by atoms with Crippen molar-refractivity contribution in [3.63, 3.8) is 0 Å². The summed E-state index contributed by atoms with van der Waals surface area (Å²) < 4.78 is 7.58. The van der Waals surface area contributed by atoms with Gasteiger partial charge in [-0.05, 0) is 55.3 Å². The summed E-state index contributed by atoms with van der Waals surface area (Å²) >= 11 is 0. The molecule has 2 heterocycles. The van der Waals surface area contributed by atoms with Gasteiger partial charge in [0, 0.05) is 29.5 Å². The highest BCUT2D eigenvalue weighted by atomic mass is 16.6. The van der Waals surface area contributed by atoms with Crippen LogP contribution in [0.3, 0.4) is 0 Å². The summed E-state index contributed by atoms with van der Waals surface area (Å²) in [5.74, 6) is 0.515. The van der Waals surface area contributed by atoms with E-state index < -0.39 is 4.92 Å². The van der Waals surface area contributed by atoms with Crippen LogP contribution in [0.5, 0.6) is 5.75 Å². The molecule has 0 unspecified atom stereocenters. The minimum absolute atomic E-state index is 0.0353. The summed E-state index contributed by atoms with van der Waals surface area (Å²) in [6.07, 6.45) is 3.43. The summed E-state index contributed by atoms with van der Waals surface area (Å²) in [7, 11) is 0. The van der Waals surface area contributed by atoms with Gasteiger partial charge < -0.3 is 4.74 Å². The Balaban J connectivity index is 1.64. The third kappa shape index (κ3) is 3.70. The number of aromatic nitrogens is 2. The van der Waals surface area contributed by atoms with E-state index in [1.165, 1.54) is 12.1 Å². The monoisotopic (exact) mass is 437 g/mol. The summed E-state index contributed by atoms with van der Waals surface area (Å²) in [5, 5.41) is 16.0. The lowest BCUT2D eigenvalue weighted by atomic mass is 10.0. The van der Waals surface area contributed by atoms with Gasteiger partial charge in [0.25, 0.3) is 5.69 Å². The molecular formula is C26H19N3O4. The lowest BCUT2D eigenvalue weighted by molar-refractivity contribution is -0.384. The Morgan fingerprint density at radius 2 is 1.76 bits per heavy atom. The summed E-state index contributed by atoms with van der Waals surface area (Å²) in [6.45, 7) is 3.92. The van der Waals surface area contributed by atoms with Crippen molar-refractivity contribution < 1.29 is 14.5 Å². The number of aryl methyl sites for hydroxylation is 2. The maximum absolute atomic E-state index is 13.0. The molecule has 0 aliphatic carbocycles. The number of benzene rings is 3. The fraction of sp³-hybridized carbons (Fsp3) is 0.0769. The van der Waals surface area contributed by atoms with Gasteiger partial charge in [-0.2, -0.15) is 5.10 Å². The van der Waals surface area contributed by atoms with Gasteiger partial charge in [-0.25, -0.2) is 4.68 Å². The molecule has 7 heteroatoms. The quantitative estimate of drug-likeness (QED) is 0.233. The van der Waals surface area contributed by atoms with E-state index in [0.29, 0.717) is 28.1 Å². The summed E-state index contributed by atoms with van der Waals surface area (Å²) in [4.78, 5) is 23.9. The first kappa shape index (κ1) is 20.4. The van der Waals surface area contributed by atoms with E-state index in [-0.39, 0.29) is 17.2 Å². The number of carbonyl (C=O) groups is 1. The van der Waals surface area contributed by atoms with Gasteiger partial charge in [0.1, 0.15) is 11.4 Å². The largest absolute Gasteiger partial charge is 0.452 e. The van der Waals surface area contributed by atoms with Crippen LogP contribution < -0.4 is 4.74 Å². The number of ketones is 1. The minimum Gasteiger partial charge on any atom is -0.452 e. The highest BCUT2D eigenvalue weighted by Gasteiger charge is 2.28. The topological polar surface area (TPSA) is 87.3 Å². The predicted molar refractivity (Wildman–Crippen MR) is 125 cm³/mol. The van der Waals surface area contributed by atoms with E-state index in [1.807, 2.05) is 56.3 Å². The number of Topliss-reactive ketones (excluding diaryl/α,β-unsaturated/α-hetero) is 1. The van der Waals surface area contributed by atoms with Gasteiger partial charge in [-0.1, -0.05) is 30.3 Å². The van der Waals surface area contributed by atoms with Gasteiger partial charge in [-0.3, -0.25) is 14.9 Å². The number of nitrogens with zero attached hydrogens (tertiary/aromatic N) is 3. The molecule has 0 amide bonds. The first-order valence-corrected chi connectivity index (χ1v) is 10.4. The molecule has 162 valence electrons. The Hall–Kier alpha value is -4.52. The van der Waals surface area contributed by atoms with Crippen molar-refractivity contribution >= 4 is 17.5 Å². The van der Waals surface area contributed by atoms with E-state index in [1.54, 1.807) is 29.1 Å². The van der Waals surface area contributed by atoms with Crippen LogP contribution in [-0.2, 0) is 0 Å². The number of allylic oxidation sites excluding steroid dienone is 1. The lowest BCUT2D eigenvalue weighted by Crippen LogP contribution is -1.98. The molecule has 4 aromatic rings. The number of nitro benzene ring substituents is 1. The number of hydrogen-bond acceptors (Lipinski definition) is 5. The molecular weight excluding hydrogens is 418 g/mol. The van der Waals surface area contributed by atoms with Gasteiger partial charge in [0.05, 0.1) is 16.2 Å². The van der Waals surface area contributed by atoms with E-state index in [9.17, 15) is 14.9 Å². The smallest absolute Gasteiger partial charge is 0.270 e. The molecule has 0 fully saturated rings. The molecule has 1 aromatic heterocycles. The van der Waals surface area contributed by atoms with Gasteiger partial charge in [0.15, 0.2) is 5.76 Å². The lowest BCUT2D eigenvalue weighted by Gasteiger charge is -2.02. The molecule has 0 N–H and O–H groups in total.